The van der Waals surface area contributed by atoms with Gasteiger partial charge in [0.25, 0.3) is 0 Å². The highest BCUT2D eigenvalue weighted by Gasteiger charge is 2.19. The molecule has 2 rings (SSSR count). The van der Waals surface area contributed by atoms with Crippen LogP contribution in [0.2, 0.25) is 0 Å². The molecule has 0 atom stereocenters. The Morgan fingerprint density at radius 2 is 1.95 bits per heavy atom. The van der Waals surface area contributed by atoms with Gasteiger partial charge in [-0.2, -0.15) is 0 Å². The molecule has 0 aliphatic heterocycles. The van der Waals surface area contributed by atoms with E-state index in [0.717, 1.165) is 18.2 Å². The summed E-state index contributed by atoms with van der Waals surface area (Å²) in [6, 6.07) is 8.92. The standard InChI is InChI=1S/C17H28N2/c1-14(2)19(12-15-7-4-3-5-8-15)13-16-9-6-10-17(18)11-16/h6,9-11,14-15H,3-5,7-8,12-13,18H2,1-2H3. The van der Waals surface area contributed by atoms with Crippen LogP contribution in [0.5, 0.6) is 0 Å². The van der Waals surface area contributed by atoms with Gasteiger partial charge in [-0.25, -0.2) is 0 Å². The van der Waals surface area contributed by atoms with Crippen molar-refractivity contribution in [2.45, 2.75) is 58.5 Å². The van der Waals surface area contributed by atoms with Gasteiger partial charge in [0.1, 0.15) is 0 Å². The van der Waals surface area contributed by atoms with Gasteiger partial charge in [0.2, 0.25) is 0 Å². The first-order valence-corrected chi connectivity index (χ1v) is 7.73. The SMILES string of the molecule is CC(C)N(Cc1cccc(N)c1)CC1CCCCC1. The topological polar surface area (TPSA) is 29.3 Å². The molecule has 106 valence electrons. The number of benzene rings is 1. The maximum atomic E-state index is 5.88. The summed E-state index contributed by atoms with van der Waals surface area (Å²) in [6.45, 7) is 6.87. The highest BCUT2D eigenvalue weighted by atomic mass is 15.1. The first kappa shape index (κ1) is 14.4. The van der Waals surface area contributed by atoms with Crippen molar-refractivity contribution in [3.63, 3.8) is 0 Å². The van der Waals surface area contributed by atoms with E-state index < -0.39 is 0 Å². The summed E-state index contributed by atoms with van der Waals surface area (Å²) in [5.74, 6) is 0.900. The van der Waals surface area contributed by atoms with Gasteiger partial charge in [-0.15, -0.1) is 0 Å². The van der Waals surface area contributed by atoms with E-state index in [9.17, 15) is 0 Å². The van der Waals surface area contributed by atoms with Crippen molar-refractivity contribution in [3.05, 3.63) is 29.8 Å². The molecule has 0 unspecified atom stereocenters. The number of nitrogen functional groups attached to an aromatic ring is 1. The third kappa shape index (κ3) is 4.54. The van der Waals surface area contributed by atoms with Crippen molar-refractivity contribution in [2.24, 2.45) is 5.92 Å². The predicted octanol–water partition coefficient (Wildman–Crippen LogP) is 4.06. The maximum absolute atomic E-state index is 5.88. The third-order valence-electron chi connectivity index (χ3n) is 4.28. The van der Waals surface area contributed by atoms with Gasteiger partial charge in [-0.3, -0.25) is 4.90 Å². The molecule has 19 heavy (non-hydrogen) atoms. The Morgan fingerprint density at radius 3 is 2.58 bits per heavy atom. The van der Waals surface area contributed by atoms with Gasteiger partial charge < -0.3 is 5.73 Å². The summed E-state index contributed by atoms with van der Waals surface area (Å²) in [4.78, 5) is 2.60. The van der Waals surface area contributed by atoms with Crippen molar-refractivity contribution in [1.29, 1.82) is 0 Å². The molecule has 0 radical (unpaired) electrons. The van der Waals surface area contributed by atoms with Crippen molar-refractivity contribution in [2.75, 3.05) is 12.3 Å². The molecule has 2 nitrogen and oxygen atoms in total. The molecule has 1 aliphatic carbocycles. The summed E-state index contributed by atoms with van der Waals surface area (Å²) in [6.07, 6.45) is 7.12. The lowest BCUT2D eigenvalue weighted by Gasteiger charge is -2.32. The predicted molar refractivity (Wildman–Crippen MR) is 83.0 cm³/mol. The second-order valence-electron chi connectivity index (χ2n) is 6.27. The van der Waals surface area contributed by atoms with Gasteiger partial charge in [0, 0.05) is 24.8 Å². The van der Waals surface area contributed by atoms with Gasteiger partial charge >= 0.3 is 0 Å². The second kappa shape index (κ2) is 6.95. The first-order valence-electron chi connectivity index (χ1n) is 7.73. The number of nitrogens with zero attached hydrogens (tertiary/aromatic N) is 1. The van der Waals surface area contributed by atoms with E-state index in [1.165, 1.54) is 44.2 Å². The Balaban J connectivity index is 1.95. The molecule has 1 aromatic rings. The molecule has 1 aromatic carbocycles. The smallest absolute Gasteiger partial charge is 0.0317 e. The number of hydrogen-bond donors (Lipinski definition) is 1. The van der Waals surface area contributed by atoms with Crippen LogP contribution in [0, 0.1) is 5.92 Å². The largest absolute Gasteiger partial charge is 0.399 e. The summed E-state index contributed by atoms with van der Waals surface area (Å²) < 4.78 is 0. The summed E-state index contributed by atoms with van der Waals surface area (Å²) >= 11 is 0. The third-order valence-corrected chi connectivity index (χ3v) is 4.28. The Labute approximate surface area is 118 Å². The van der Waals surface area contributed by atoms with Crippen molar-refractivity contribution >= 4 is 5.69 Å². The molecule has 0 bridgehead atoms. The average molecular weight is 260 g/mol. The normalized spacial score (nSPS) is 17.3. The van der Waals surface area contributed by atoms with Crippen LogP contribution in [-0.2, 0) is 6.54 Å². The summed E-state index contributed by atoms with van der Waals surface area (Å²) in [5.41, 5.74) is 8.09. The average Bonchev–Trinajstić information content (AvgIpc) is 2.39. The number of anilines is 1. The Hall–Kier alpha value is -1.02. The van der Waals surface area contributed by atoms with E-state index in [0.29, 0.717) is 6.04 Å². The van der Waals surface area contributed by atoms with Gasteiger partial charge in [0.15, 0.2) is 0 Å². The zero-order valence-electron chi connectivity index (χ0n) is 12.4. The van der Waals surface area contributed by atoms with Crippen molar-refractivity contribution in [1.82, 2.24) is 4.90 Å². The van der Waals surface area contributed by atoms with Crippen LogP contribution >= 0.6 is 0 Å². The number of hydrogen-bond acceptors (Lipinski definition) is 2. The van der Waals surface area contributed by atoms with Gasteiger partial charge in [-0.1, -0.05) is 31.4 Å². The minimum atomic E-state index is 0.600. The van der Waals surface area contributed by atoms with Crippen LogP contribution in [0.15, 0.2) is 24.3 Å². The number of rotatable bonds is 5. The molecule has 0 aromatic heterocycles. The molecule has 2 heteroatoms. The maximum Gasteiger partial charge on any atom is 0.0317 e. The van der Waals surface area contributed by atoms with E-state index >= 15 is 0 Å². The molecule has 1 fully saturated rings. The fraction of sp³-hybridized carbons (Fsp3) is 0.647. The highest BCUT2D eigenvalue weighted by molar-refractivity contribution is 5.40. The van der Waals surface area contributed by atoms with E-state index in [1.807, 2.05) is 6.07 Å². The molecule has 1 saturated carbocycles. The molecule has 2 N–H and O–H groups in total. The fourth-order valence-electron chi connectivity index (χ4n) is 3.09. The fourth-order valence-corrected chi connectivity index (χ4v) is 3.09. The van der Waals surface area contributed by atoms with Crippen LogP contribution in [0.3, 0.4) is 0 Å². The monoisotopic (exact) mass is 260 g/mol. The molecule has 0 saturated heterocycles. The van der Waals surface area contributed by atoms with Crippen LogP contribution in [0.1, 0.15) is 51.5 Å². The second-order valence-corrected chi connectivity index (χ2v) is 6.27. The van der Waals surface area contributed by atoms with Crippen molar-refractivity contribution in [3.8, 4) is 0 Å². The van der Waals surface area contributed by atoms with Crippen LogP contribution < -0.4 is 5.73 Å². The molecule has 0 spiro atoms. The minimum absolute atomic E-state index is 0.600. The first-order chi connectivity index (χ1) is 9.15. The van der Waals surface area contributed by atoms with E-state index in [1.54, 1.807) is 0 Å². The molecule has 0 heterocycles. The van der Waals surface area contributed by atoms with E-state index in [-0.39, 0.29) is 0 Å². The van der Waals surface area contributed by atoms with Gasteiger partial charge in [0.05, 0.1) is 0 Å². The quantitative estimate of drug-likeness (QED) is 0.809. The summed E-state index contributed by atoms with van der Waals surface area (Å²) in [7, 11) is 0. The Morgan fingerprint density at radius 1 is 1.21 bits per heavy atom. The highest BCUT2D eigenvalue weighted by Crippen LogP contribution is 2.25. The Kier molecular flexibility index (Phi) is 5.26. The van der Waals surface area contributed by atoms with Crippen LogP contribution in [0.25, 0.3) is 0 Å². The van der Waals surface area contributed by atoms with Crippen LogP contribution in [0.4, 0.5) is 5.69 Å². The number of nitrogens with two attached hydrogens (primary N) is 1. The van der Waals surface area contributed by atoms with E-state index in [4.69, 9.17) is 5.73 Å². The lowest BCUT2D eigenvalue weighted by molar-refractivity contribution is 0.158. The zero-order valence-corrected chi connectivity index (χ0v) is 12.4. The van der Waals surface area contributed by atoms with E-state index in [2.05, 4.69) is 36.9 Å². The lowest BCUT2D eigenvalue weighted by atomic mass is 9.88. The van der Waals surface area contributed by atoms with Crippen LogP contribution in [-0.4, -0.2) is 17.5 Å². The van der Waals surface area contributed by atoms with Crippen molar-refractivity contribution < 1.29 is 0 Å². The molecule has 1 aliphatic rings. The molecular weight excluding hydrogens is 232 g/mol. The Bertz CT molecular complexity index is 381. The summed E-state index contributed by atoms with van der Waals surface area (Å²) in [5, 5.41) is 0. The van der Waals surface area contributed by atoms with Gasteiger partial charge in [-0.05, 0) is 50.3 Å². The minimum Gasteiger partial charge on any atom is -0.399 e. The molecular formula is C17H28N2. The zero-order chi connectivity index (χ0) is 13.7. The lowest BCUT2D eigenvalue weighted by Crippen LogP contribution is -2.35. The molecule has 0 amide bonds.